The van der Waals surface area contributed by atoms with E-state index in [9.17, 15) is 9.59 Å². The standard InChI is InChI=1S/C23H17I2N3O3/c1-31-23-14(10-15(24)11-18(23)25)12-26-27-21(29)13-28-19-8-4-2-6-16(19)22(30)17-7-3-5-9-20(17)28/h2-12H,13H2,1H3,(H,27,29)/b26-12+. The first-order chi connectivity index (χ1) is 15.0. The average molecular weight is 637 g/mol. The number of ether oxygens (including phenoxy) is 1. The Bertz CT molecular complexity index is 1340. The van der Waals surface area contributed by atoms with E-state index in [1.807, 2.05) is 53.1 Å². The molecule has 1 aromatic heterocycles. The summed E-state index contributed by atoms with van der Waals surface area (Å²) in [5.41, 5.74) is 4.74. The van der Waals surface area contributed by atoms with Crippen LogP contribution in [0.4, 0.5) is 0 Å². The van der Waals surface area contributed by atoms with Crippen molar-refractivity contribution in [3.8, 4) is 5.75 Å². The maximum atomic E-state index is 12.8. The SMILES string of the molecule is COc1c(I)cc(I)cc1/C=N/NC(=O)Cn1c2ccccc2c(=O)c2ccccc21. The summed E-state index contributed by atoms with van der Waals surface area (Å²) in [5, 5.41) is 5.28. The van der Waals surface area contributed by atoms with E-state index >= 15 is 0 Å². The monoisotopic (exact) mass is 637 g/mol. The van der Waals surface area contributed by atoms with Crippen molar-refractivity contribution in [3.05, 3.63) is 83.6 Å². The highest BCUT2D eigenvalue weighted by Crippen LogP contribution is 2.27. The van der Waals surface area contributed by atoms with Crippen molar-refractivity contribution in [3.63, 3.8) is 0 Å². The summed E-state index contributed by atoms with van der Waals surface area (Å²) in [6.45, 7) is 0.0274. The van der Waals surface area contributed by atoms with Crippen molar-refractivity contribution in [1.29, 1.82) is 0 Å². The molecule has 31 heavy (non-hydrogen) atoms. The zero-order chi connectivity index (χ0) is 22.0. The number of halogens is 2. The fourth-order valence-corrected chi connectivity index (χ4v) is 5.60. The molecule has 4 rings (SSSR count). The molecular weight excluding hydrogens is 620 g/mol. The van der Waals surface area contributed by atoms with Gasteiger partial charge in [-0.25, -0.2) is 5.43 Å². The van der Waals surface area contributed by atoms with Gasteiger partial charge in [-0.15, -0.1) is 0 Å². The molecule has 1 amide bonds. The van der Waals surface area contributed by atoms with Gasteiger partial charge in [-0.3, -0.25) is 9.59 Å². The van der Waals surface area contributed by atoms with Crippen LogP contribution in [-0.4, -0.2) is 23.8 Å². The lowest BCUT2D eigenvalue weighted by Gasteiger charge is -2.14. The molecule has 0 fully saturated rings. The molecule has 1 heterocycles. The van der Waals surface area contributed by atoms with Crippen LogP contribution in [0.1, 0.15) is 5.56 Å². The Labute approximate surface area is 205 Å². The Kier molecular flexibility index (Phi) is 6.56. The number of pyridine rings is 1. The van der Waals surface area contributed by atoms with E-state index in [1.54, 1.807) is 25.5 Å². The van der Waals surface area contributed by atoms with Gasteiger partial charge in [-0.2, -0.15) is 5.10 Å². The normalized spacial score (nSPS) is 11.3. The number of carbonyl (C=O) groups is 1. The number of hydrogen-bond donors (Lipinski definition) is 1. The Hall–Kier alpha value is -2.47. The van der Waals surface area contributed by atoms with Gasteiger partial charge >= 0.3 is 0 Å². The number of rotatable bonds is 5. The second kappa shape index (κ2) is 9.35. The third-order valence-corrected chi connectivity index (χ3v) is 6.24. The number of hydrogen-bond acceptors (Lipinski definition) is 4. The molecule has 1 N–H and O–H groups in total. The quantitative estimate of drug-likeness (QED) is 0.152. The van der Waals surface area contributed by atoms with Gasteiger partial charge in [0.2, 0.25) is 0 Å². The number of methoxy groups -OCH3 is 1. The highest BCUT2D eigenvalue weighted by molar-refractivity contribution is 14.1. The fourth-order valence-electron chi connectivity index (χ4n) is 3.49. The minimum Gasteiger partial charge on any atom is -0.495 e. The summed E-state index contributed by atoms with van der Waals surface area (Å²) >= 11 is 4.43. The summed E-state index contributed by atoms with van der Waals surface area (Å²) in [4.78, 5) is 25.5. The summed E-state index contributed by atoms with van der Waals surface area (Å²) < 4.78 is 9.29. The maximum Gasteiger partial charge on any atom is 0.260 e. The maximum absolute atomic E-state index is 12.8. The number of hydrazone groups is 1. The molecule has 0 atom stereocenters. The van der Waals surface area contributed by atoms with Crippen LogP contribution < -0.4 is 15.6 Å². The van der Waals surface area contributed by atoms with E-state index < -0.39 is 0 Å². The Morgan fingerprint density at radius 1 is 1.06 bits per heavy atom. The molecule has 0 saturated heterocycles. The third-order valence-electron chi connectivity index (χ3n) is 4.81. The molecule has 0 spiro atoms. The van der Waals surface area contributed by atoms with Crippen LogP contribution in [0.25, 0.3) is 21.8 Å². The number of carbonyl (C=O) groups excluding carboxylic acids is 1. The molecule has 0 bridgehead atoms. The van der Waals surface area contributed by atoms with Crippen LogP contribution in [0.5, 0.6) is 5.75 Å². The number of nitrogens with one attached hydrogen (secondary N) is 1. The van der Waals surface area contributed by atoms with Gasteiger partial charge < -0.3 is 9.30 Å². The van der Waals surface area contributed by atoms with Crippen molar-refractivity contribution >= 4 is 79.1 Å². The predicted molar refractivity (Wildman–Crippen MR) is 140 cm³/mol. The molecule has 4 aromatic rings. The highest BCUT2D eigenvalue weighted by atomic mass is 127. The number of nitrogens with zero attached hydrogens (tertiary/aromatic N) is 2. The minimum absolute atomic E-state index is 0.0274. The lowest BCUT2D eigenvalue weighted by molar-refractivity contribution is -0.121. The average Bonchev–Trinajstić information content (AvgIpc) is 2.76. The molecule has 0 aliphatic carbocycles. The second-order valence-electron chi connectivity index (χ2n) is 6.75. The highest BCUT2D eigenvalue weighted by Gasteiger charge is 2.13. The molecule has 0 aliphatic rings. The molecule has 156 valence electrons. The number of amides is 1. The minimum atomic E-state index is -0.297. The first kappa shape index (κ1) is 21.8. The molecular formula is C23H17I2N3O3. The summed E-state index contributed by atoms with van der Waals surface area (Å²) in [7, 11) is 1.60. The fraction of sp³-hybridized carbons (Fsp3) is 0.0870. The first-order valence-corrected chi connectivity index (χ1v) is 11.5. The van der Waals surface area contributed by atoms with E-state index in [0.717, 1.165) is 12.7 Å². The number of para-hydroxylation sites is 2. The van der Waals surface area contributed by atoms with Crippen LogP contribution in [-0.2, 0) is 11.3 Å². The van der Waals surface area contributed by atoms with E-state index in [0.29, 0.717) is 27.6 Å². The van der Waals surface area contributed by atoms with Gasteiger partial charge in [0.1, 0.15) is 12.3 Å². The molecule has 0 saturated carbocycles. The molecule has 6 nitrogen and oxygen atoms in total. The second-order valence-corrected chi connectivity index (χ2v) is 9.16. The van der Waals surface area contributed by atoms with Gasteiger partial charge in [0, 0.05) is 19.9 Å². The number of fused-ring (bicyclic) bond motifs is 2. The summed E-state index contributed by atoms with van der Waals surface area (Å²) in [6.07, 6.45) is 1.57. The van der Waals surface area contributed by atoms with Crippen LogP contribution in [0.15, 0.2) is 70.6 Å². The molecule has 0 unspecified atom stereocenters. The van der Waals surface area contributed by atoms with E-state index in [2.05, 4.69) is 55.7 Å². The van der Waals surface area contributed by atoms with Gasteiger partial charge in [0.15, 0.2) is 5.43 Å². The van der Waals surface area contributed by atoms with E-state index in [1.165, 1.54) is 0 Å². The summed E-state index contributed by atoms with van der Waals surface area (Å²) in [6, 6.07) is 18.5. The zero-order valence-corrected chi connectivity index (χ0v) is 20.7. The van der Waals surface area contributed by atoms with Gasteiger partial charge in [0.05, 0.1) is 27.9 Å². The van der Waals surface area contributed by atoms with Crippen molar-refractivity contribution in [2.75, 3.05) is 7.11 Å². The summed E-state index contributed by atoms with van der Waals surface area (Å²) in [5.74, 6) is 0.408. The molecule has 3 aromatic carbocycles. The van der Waals surface area contributed by atoms with Crippen molar-refractivity contribution in [2.45, 2.75) is 6.54 Å². The van der Waals surface area contributed by atoms with Crippen LogP contribution in [0.2, 0.25) is 0 Å². The van der Waals surface area contributed by atoms with Crippen molar-refractivity contribution < 1.29 is 9.53 Å². The molecule has 8 heteroatoms. The van der Waals surface area contributed by atoms with Crippen molar-refractivity contribution in [1.82, 2.24) is 9.99 Å². The topological polar surface area (TPSA) is 72.7 Å². The van der Waals surface area contributed by atoms with E-state index in [4.69, 9.17) is 4.74 Å². The largest absolute Gasteiger partial charge is 0.495 e. The molecule has 0 radical (unpaired) electrons. The Morgan fingerprint density at radius 3 is 2.29 bits per heavy atom. The predicted octanol–water partition coefficient (Wildman–Crippen LogP) is 4.52. The van der Waals surface area contributed by atoms with Crippen LogP contribution in [0.3, 0.4) is 0 Å². The molecule has 0 aliphatic heterocycles. The first-order valence-electron chi connectivity index (χ1n) is 9.35. The Morgan fingerprint density at radius 2 is 1.68 bits per heavy atom. The smallest absolute Gasteiger partial charge is 0.260 e. The third kappa shape index (κ3) is 4.45. The number of aromatic nitrogens is 1. The van der Waals surface area contributed by atoms with Gasteiger partial charge in [-0.1, -0.05) is 24.3 Å². The number of benzene rings is 3. The van der Waals surface area contributed by atoms with Gasteiger partial charge in [0.25, 0.3) is 5.91 Å². The lowest BCUT2D eigenvalue weighted by Crippen LogP contribution is -2.25. The van der Waals surface area contributed by atoms with Gasteiger partial charge in [-0.05, 0) is 81.6 Å². The zero-order valence-electron chi connectivity index (χ0n) is 16.4. The van der Waals surface area contributed by atoms with Crippen LogP contribution in [0, 0.1) is 7.14 Å². The van der Waals surface area contributed by atoms with E-state index in [-0.39, 0.29) is 17.9 Å². The lowest BCUT2D eigenvalue weighted by atomic mass is 10.1. The Balaban J connectivity index is 1.65. The van der Waals surface area contributed by atoms with Crippen LogP contribution >= 0.6 is 45.2 Å². The van der Waals surface area contributed by atoms with Crippen molar-refractivity contribution in [2.24, 2.45) is 5.10 Å².